The molecule has 0 aromatic heterocycles. The zero-order valence-electron chi connectivity index (χ0n) is 11.0. The zero-order chi connectivity index (χ0) is 13.0. The number of hydrogen-bond donors (Lipinski definition) is 2. The van der Waals surface area contributed by atoms with Gasteiger partial charge in [0.25, 0.3) is 0 Å². The molecule has 3 atom stereocenters. The fraction of sp³-hybridized carbons (Fsp3) is 0.600. The Hall–Kier alpha value is -0.380. The van der Waals surface area contributed by atoms with Crippen molar-refractivity contribution in [2.75, 3.05) is 0 Å². The predicted octanol–water partition coefficient (Wildman–Crippen LogP) is 3.65. The molecular weight excluding hydrogens is 288 g/mol. The van der Waals surface area contributed by atoms with E-state index in [9.17, 15) is 0 Å². The highest BCUT2D eigenvalue weighted by molar-refractivity contribution is 9.10. The summed E-state index contributed by atoms with van der Waals surface area (Å²) in [6.45, 7) is 2.30. The number of hydrazine groups is 1. The van der Waals surface area contributed by atoms with Crippen molar-refractivity contribution in [2.24, 2.45) is 17.7 Å². The first-order valence-corrected chi connectivity index (χ1v) is 7.73. The number of nitrogens with two attached hydrogens (primary N) is 1. The standard InChI is InChI=1S/C15H23BrN2/c1-2-11-7-8-13(9-11)15(18-17)10-12-5-3-4-6-14(12)16/h3-6,11,13,15,18H,2,7-10,17H2,1H3. The van der Waals surface area contributed by atoms with Gasteiger partial charge in [-0.3, -0.25) is 11.3 Å². The van der Waals surface area contributed by atoms with E-state index in [4.69, 9.17) is 5.84 Å². The van der Waals surface area contributed by atoms with Gasteiger partial charge < -0.3 is 0 Å². The van der Waals surface area contributed by atoms with Crippen molar-refractivity contribution in [3.63, 3.8) is 0 Å². The zero-order valence-corrected chi connectivity index (χ0v) is 12.6. The predicted molar refractivity (Wildman–Crippen MR) is 80.1 cm³/mol. The maximum atomic E-state index is 5.77. The average Bonchev–Trinajstić information content (AvgIpc) is 2.86. The van der Waals surface area contributed by atoms with Gasteiger partial charge in [-0.15, -0.1) is 0 Å². The van der Waals surface area contributed by atoms with Crippen molar-refractivity contribution < 1.29 is 0 Å². The topological polar surface area (TPSA) is 38.0 Å². The van der Waals surface area contributed by atoms with Crippen molar-refractivity contribution in [3.05, 3.63) is 34.3 Å². The molecule has 2 rings (SSSR count). The van der Waals surface area contributed by atoms with Crippen LogP contribution < -0.4 is 11.3 Å². The van der Waals surface area contributed by atoms with Crippen LogP contribution in [0.4, 0.5) is 0 Å². The number of hydrogen-bond acceptors (Lipinski definition) is 2. The monoisotopic (exact) mass is 310 g/mol. The Morgan fingerprint density at radius 1 is 1.39 bits per heavy atom. The molecule has 0 aliphatic heterocycles. The van der Waals surface area contributed by atoms with E-state index in [-0.39, 0.29) is 0 Å². The van der Waals surface area contributed by atoms with E-state index in [1.165, 1.54) is 35.7 Å². The normalized spacial score (nSPS) is 25.3. The Morgan fingerprint density at radius 2 is 2.17 bits per heavy atom. The third-order valence-corrected chi connectivity index (χ3v) is 5.11. The summed E-state index contributed by atoms with van der Waals surface area (Å²) in [5.41, 5.74) is 4.39. The summed E-state index contributed by atoms with van der Waals surface area (Å²) in [5, 5.41) is 0. The first-order valence-electron chi connectivity index (χ1n) is 6.94. The SMILES string of the molecule is CCC1CCC(C(Cc2ccccc2Br)NN)C1. The lowest BCUT2D eigenvalue weighted by Gasteiger charge is -2.23. The van der Waals surface area contributed by atoms with Crippen LogP contribution in [0.15, 0.2) is 28.7 Å². The molecule has 100 valence electrons. The first kappa shape index (κ1) is 14.0. The van der Waals surface area contributed by atoms with E-state index < -0.39 is 0 Å². The van der Waals surface area contributed by atoms with Gasteiger partial charge in [-0.2, -0.15) is 0 Å². The van der Waals surface area contributed by atoms with E-state index >= 15 is 0 Å². The third-order valence-electron chi connectivity index (χ3n) is 4.34. The van der Waals surface area contributed by atoms with E-state index in [1.54, 1.807) is 0 Å². The van der Waals surface area contributed by atoms with Crippen LogP contribution >= 0.6 is 15.9 Å². The maximum absolute atomic E-state index is 5.77. The van der Waals surface area contributed by atoms with E-state index in [0.29, 0.717) is 6.04 Å². The van der Waals surface area contributed by atoms with Crippen LogP contribution in [-0.4, -0.2) is 6.04 Å². The van der Waals surface area contributed by atoms with Gasteiger partial charge >= 0.3 is 0 Å². The van der Waals surface area contributed by atoms with Crippen LogP contribution in [0.3, 0.4) is 0 Å². The van der Waals surface area contributed by atoms with Gasteiger partial charge in [0.05, 0.1) is 0 Å². The molecule has 3 unspecified atom stereocenters. The lowest BCUT2D eigenvalue weighted by molar-refractivity contribution is 0.347. The molecule has 0 heterocycles. The second-order valence-electron chi connectivity index (χ2n) is 5.42. The third kappa shape index (κ3) is 3.34. The fourth-order valence-corrected chi connectivity index (χ4v) is 3.56. The lowest BCUT2D eigenvalue weighted by atomic mass is 9.91. The minimum atomic E-state index is 0.403. The summed E-state index contributed by atoms with van der Waals surface area (Å²) in [6.07, 6.45) is 6.34. The van der Waals surface area contributed by atoms with Crippen molar-refractivity contribution >= 4 is 15.9 Å². The quantitative estimate of drug-likeness (QED) is 0.643. The van der Waals surface area contributed by atoms with Gasteiger partial charge in [-0.05, 0) is 42.7 Å². The summed E-state index contributed by atoms with van der Waals surface area (Å²) < 4.78 is 1.19. The molecule has 1 aliphatic carbocycles. The van der Waals surface area contributed by atoms with Gasteiger partial charge in [0.1, 0.15) is 0 Å². The van der Waals surface area contributed by atoms with Crippen molar-refractivity contribution in [3.8, 4) is 0 Å². The molecule has 1 aliphatic rings. The first-order chi connectivity index (χ1) is 8.74. The summed E-state index contributed by atoms with van der Waals surface area (Å²) in [5.74, 6) is 7.41. The molecule has 0 spiro atoms. The van der Waals surface area contributed by atoms with Gasteiger partial charge in [-0.1, -0.05) is 53.9 Å². The molecule has 0 amide bonds. The molecular formula is C15H23BrN2. The number of benzene rings is 1. The second-order valence-corrected chi connectivity index (χ2v) is 6.27. The van der Waals surface area contributed by atoms with Crippen LogP contribution in [-0.2, 0) is 6.42 Å². The molecule has 2 nitrogen and oxygen atoms in total. The Bertz CT molecular complexity index is 381. The summed E-state index contributed by atoms with van der Waals surface area (Å²) in [7, 11) is 0. The Kier molecular flexibility index (Phi) is 5.22. The highest BCUT2D eigenvalue weighted by Gasteiger charge is 2.29. The highest BCUT2D eigenvalue weighted by atomic mass is 79.9. The smallest absolute Gasteiger partial charge is 0.0279 e. The Labute approximate surface area is 118 Å². The second kappa shape index (κ2) is 6.69. The molecule has 0 saturated heterocycles. The van der Waals surface area contributed by atoms with Gasteiger partial charge in [0.15, 0.2) is 0 Å². The molecule has 1 fully saturated rings. The van der Waals surface area contributed by atoms with Gasteiger partial charge in [0, 0.05) is 10.5 Å². The largest absolute Gasteiger partial charge is 0.271 e. The average molecular weight is 311 g/mol. The van der Waals surface area contributed by atoms with Crippen molar-refractivity contribution in [2.45, 2.75) is 45.1 Å². The fourth-order valence-electron chi connectivity index (χ4n) is 3.11. The molecule has 3 heteroatoms. The Morgan fingerprint density at radius 3 is 2.78 bits per heavy atom. The molecule has 18 heavy (non-hydrogen) atoms. The van der Waals surface area contributed by atoms with Crippen LogP contribution in [0.25, 0.3) is 0 Å². The van der Waals surface area contributed by atoms with Gasteiger partial charge in [-0.25, -0.2) is 0 Å². The molecule has 1 aromatic rings. The van der Waals surface area contributed by atoms with E-state index in [2.05, 4.69) is 52.5 Å². The molecule has 1 saturated carbocycles. The maximum Gasteiger partial charge on any atom is 0.0279 e. The van der Waals surface area contributed by atoms with Crippen LogP contribution in [0, 0.1) is 11.8 Å². The molecule has 3 N–H and O–H groups in total. The number of nitrogens with one attached hydrogen (secondary N) is 1. The molecule has 0 radical (unpaired) electrons. The van der Waals surface area contributed by atoms with Crippen LogP contribution in [0.2, 0.25) is 0 Å². The minimum absolute atomic E-state index is 0.403. The molecule has 0 bridgehead atoms. The lowest BCUT2D eigenvalue weighted by Crippen LogP contribution is -2.41. The number of rotatable bonds is 5. The van der Waals surface area contributed by atoms with Crippen molar-refractivity contribution in [1.29, 1.82) is 0 Å². The Balaban J connectivity index is 2.00. The minimum Gasteiger partial charge on any atom is -0.271 e. The summed E-state index contributed by atoms with van der Waals surface area (Å²) in [6, 6.07) is 8.84. The van der Waals surface area contributed by atoms with E-state index in [0.717, 1.165) is 18.3 Å². The molecule has 1 aromatic carbocycles. The van der Waals surface area contributed by atoms with Crippen LogP contribution in [0.5, 0.6) is 0 Å². The van der Waals surface area contributed by atoms with Crippen molar-refractivity contribution in [1.82, 2.24) is 5.43 Å². The summed E-state index contributed by atoms with van der Waals surface area (Å²) in [4.78, 5) is 0. The van der Waals surface area contributed by atoms with Crippen LogP contribution in [0.1, 0.15) is 38.2 Å². The summed E-state index contributed by atoms with van der Waals surface area (Å²) >= 11 is 3.62. The number of halogens is 1. The van der Waals surface area contributed by atoms with E-state index in [1.807, 2.05) is 0 Å². The van der Waals surface area contributed by atoms with Gasteiger partial charge in [0.2, 0.25) is 0 Å². The highest BCUT2D eigenvalue weighted by Crippen LogP contribution is 2.36.